The maximum atomic E-state index is 11.2. The van der Waals surface area contributed by atoms with Crippen LogP contribution in [0.2, 0.25) is 0 Å². The van der Waals surface area contributed by atoms with Crippen LogP contribution >= 0.6 is 0 Å². The van der Waals surface area contributed by atoms with Gasteiger partial charge >= 0.3 is 5.97 Å². The Kier molecular flexibility index (Phi) is 5.84. The maximum Gasteiger partial charge on any atom is 0.330 e. The number of hydrogen-bond acceptors (Lipinski definition) is 3. The van der Waals surface area contributed by atoms with Crippen molar-refractivity contribution in [2.75, 3.05) is 0 Å². The minimum Gasteiger partial charge on any atom is -0.489 e. The van der Waals surface area contributed by atoms with Gasteiger partial charge in [-0.3, -0.25) is 0 Å². The van der Waals surface area contributed by atoms with Crippen molar-refractivity contribution in [3.05, 3.63) is 103 Å². The molecule has 3 heteroatoms. The van der Waals surface area contributed by atoms with E-state index < -0.39 is 5.97 Å². The van der Waals surface area contributed by atoms with Crippen LogP contribution in [0.5, 0.6) is 5.75 Å². The SMILES string of the molecule is C=CC(=O)OCc1cccc(-c2ccc(OCc3ccccc3)cc2)c1. The quantitative estimate of drug-likeness (QED) is 0.438. The summed E-state index contributed by atoms with van der Waals surface area (Å²) >= 11 is 0. The Labute approximate surface area is 153 Å². The van der Waals surface area contributed by atoms with Crippen LogP contribution < -0.4 is 4.74 Å². The lowest BCUT2D eigenvalue weighted by Gasteiger charge is -2.09. The fourth-order valence-corrected chi connectivity index (χ4v) is 2.54. The molecule has 0 atom stereocenters. The van der Waals surface area contributed by atoms with E-state index in [0.717, 1.165) is 34.1 Å². The number of ether oxygens (including phenoxy) is 2. The average molecular weight is 344 g/mol. The maximum absolute atomic E-state index is 11.2. The molecule has 0 spiro atoms. The largest absolute Gasteiger partial charge is 0.489 e. The number of benzene rings is 3. The molecule has 0 aliphatic carbocycles. The Bertz CT molecular complexity index is 867. The Balaban J connectivity index is 1.64. The number of hydrogen-bond donors (Lipinski definition) is 0. The second-order valence-electron chi connectivity index (χ2n) is 5.81. The molecule has 3 aromatic rings. The van der Waals surface area contributed by atoms with Crippen molar-refractivity contribution in [2.24, 2.45) is 0 Å². The predicted octanol–water partition coefficient (Wildman–Crippen LogP) is 5.16. The lowest BCUT2D eigenvalue weighted by atomic mass is 10.0. The van der Waals surface area contributed by atoms with Gasteiger partial charge in [-0.25, -0.2) is 4.79 Å². The molecule has 0 radical (unpaired) electrons. The zero-order valence-electron chi connectivity index (χ0n) is 14.4. The summed E-state index contributed by atoms with van der Waals surface area (Å²) in [5.41, 5.74) is 4.21. The lowest BCUT2D eigenvalue weighted by molar-refractivity contribution is -0.138. The van der Waals surface area contributed by atoms with Crippen LogP contribution in [0.1, 0.15) is 11.1 Å². The van der Waals surface area contributed by atoms with Crippen molar-refractivity contribution in [2.45, 2.75) is 13.2 Å². The fraction of sp³-hybridized carbons (Fsp3) is 0.0870. The molecule has 0 fully saturated rings. The van der Waals surface area contributed by atoms with Crippen molar-refractivity contribution < 1.29 is 14.3 Å². The van der Waals surface area contributed by atoms with Crippen molar-refractivity contribution in [3.63, 3.8) is 0 Å². The van der Waals surface area contributed by atoms with Crippen LogP contribution in [0.4, 0.5) is 0 Å². The Hall–Kier alpha value is -3.33. The Morgan fingerprint density at radius 2 is 1.54 bits per heavy atom. The molecule has 130 valence electrons. The minimum atomic E-state index is -0.421. The average Bonchev–Trinajstić information content (AvgIpc) is 2.72. The Morgan fingerprint density at radius 1 is 0.808 bits per heavy atom. The van der Waals surface area contributed by atoms with Gasteiger partial charge in [-0.15, -0.1) is 0 Å². The summed E-state index contributed by atoms with van der Waals surface area (Å²) < 4.78 is 10.9. The van der Waals surface area contributed by atoms with E-state index in [9.17, 15) is 4.79 Å². The van der Waals surface area contributed by atoms with Crippen molar-refractivity contribution in [3.8, 4) is 16.9 Å². The molecule has 0 unspecified atom stereocenters. The summed E-state index contributed by atoms with van der Waals surface area (Å²) in [5, 5.41) is 0. The second-order valence-corrected chi connectivity index (χ2v) is 5.81. The molecule has 0 amide bonds. The van der Waals surface area contributed by atoms with Gasteiger partial charge < -0.3 is 9.47 Å². The van der Waals surface area contributed by atoms with Gasteiger partial charge in [0, 0.05) is 6.08 Å². The highest BCUT2D eigenvalue weighted by molar-refractivity contribution is 5.81. The number of carbonyl (C=O) groups excluding carboxylic acids is 1. The molecule has 3 rings (SSSR count). The molecule has 3 aromatic carbocycles. The molecule has 0 heterocycles. The molecule has 0 N–H and O–H groups in total. The van der Waals surface area contributed by atoms with E-state index in [1.165, 1.54) is 0 Å². The molecular formula is C23H20O3. The summed E-state index contributed by atoms with van der Waals surface area (Å²) in [7, 11) is 0. The normalized spacial score (nSPS) is 10.2. The van der Waals surface area contributed by atoms with E-state index in [1.807, 2.05) is 78.9 Å². The molecular weight excluding hydrogens is 324 g/mol. The van der Waals surface area contributed by atoms with Gasteiger partial charge in [0.15, 0.2) is 0 Å². The fourth-order valence-electron chi connectivity index (χ4n) is 2.54. The highest BCUT2D eigenvalue weighted by Crippen LogP contribution is 2.24. The summed E-state index contributed by atoms with van der Waals surface area (Å²) in [6.07, 6.45) is 1.16. The zero-order chi connectivity index (χ0) is 18.2. The van der Waals surface area contributed by atoms with Gasteiger partial charge in [-0.05, 0) is 40.5 Å². The van der Waals surface area contributed by atoms with Gasteiger partial charge in [-0.1, -0.05) is 67.2 Å². The molecule has 0 saturated heterocycles. The monoisotopic (exact) mass is 344 g/mol. The number of carbonyl (C=O) groups is 1. The molecule has 0 aromatic heterocycles. The van der Waals surface area contributed by atoms with Gasteiger partial charge in [0.2, 0.25) is 0 Å². The van der Waals surface area contributed by atoms with E-state index in [1.54, 1.807) is 0 Å². The van der Waals surface area contributed by atoms with E-state index in [-0.39, 0.29) is 6.61 Å². The molecule has 0 aliphatic heterocycles. The van der Waals surface area contributed by atoms with Crippen LogP contribution in [0.15, 0.2) is 91.5 Å². The molecule has 0 aliphatic rings. The third kappa shape index (κ3) is 4.84. The first-order valence-electron chi connectivity index (χ1n) is 8.40. The van der Waals surface area contributed by atoms with E-state index in [4.69, 9.17) is 9.47 Å². The third-order valence-corrected chi connectivity index (χ3v) is 3.91. The topological polar surface area (TPSA) is 35.5 Å². The number of rotatable bonds is 7. The standard InChI is InChI=1S/C23H20O3/c1-2-23(24)26-17-19-9-6-10-21(15-19)20-11-13-22(14-12-20)25-16-18-7-4-3-5-8-18/h2-15H,1,16-17H2. The van der Waals surface area contributed by atoms with Gasteiger partial charge in [-0.2, -0.15) is 0 Å². The van der Waals surface area contributed by atoms with Crippen molar-refractivity contribution >= 4 is 5.97 Å². The molecule has 3 nitrogen and oxygen atoms in total. The molecule has 0 bridgehead atoms. The van der Waals surface area contributed by atoms with Crippen LogP contribution in [-0.2, 0) is 22.7 Å². The van der Waals surface area contributed by atoms with E-state index >= 15 is 0 Å². The zero-order valence-corrected chi connectivity index (χ0v) is 14.4. The summed E-state index contributed by atoms with van der Waals surface area (Å²) in [4.78, 5) is 11.2. The van der Waals surface area contributed by atoms with E-state index in [2.05, 4.69) is 6.58 Å². The third-order valence-electron chi connectivity index (χ3n) is 3.91. The van der Waals surface area contributed by atoms with Gasteiger partial charge in [0.25, 0.3) is 0 Å². The van der Waals surface area contributed by atoms with Crippen LogP contribution in [0.3, 0.4) is 0 Å². The highest BCUT2D eigenvalue weighted by Gasteiger charge is 2.03. The first kappa shape index (κ1) is 17.5. The predicted molar refractivity (Wildman–Crippen MR) is 103 cm³/mol. The summed E-state index contributed by atoms with van der Waals surface area (Å²) in [6, 6.07) is 26.0. The van der Waals surface area contributed by atoms with Crippen molar-refractivity contribution in [1.29, 1.82) is 0 Å². The lowest BCUT2D eigenvalue weighted by Crippen LogP contribution is -2.00. The van der Waals surface area contributed by atoms with Gasteiger partial charge in [0.1, 0.15) is 19.0 Å². The smallest absolute Gasteiger partial charge is 0.330 e. The summed E-state index contributed by atoms with van der Waals surface area (Å²) in [5.74, 6) is 0.406. The number of esters is 1. The van der Waals surface area contributed by atoms with E-state index in [0.29, 0.717) is 6.61 Å². The van der Waals surface area contributed by atoms with Crippen LogP contribution in [-0.4, -0.2) is 5.97 Å². The minimum absolute atomic E-state index is 0.233. The highest BCUT2D eigenvalue weighted by atomic mass is 16.5. The van der Waals surface area contributed by atoms with Crippen molar-refractivity contribution in [1.82, 2.24) is 0 Å². The molecule has 26 heavy (non-hydrogen) atoms. The first-order chi connectivity index (χ1) is 12.7. The summed E-state index contributed by atoms with van der Waals surface area (Å²) in [6.45, 7) is 4.17. The van der Waals surface area contributed by atoms with Crippen LogP contribution in [0, 0.1) is 0 Å². The van der Waals surface area contributed by atoms with Crippen LogP contribution in [0.25, 0.3) is 11.1 Å². The van der Waals surface area contributed by atoms with Gasteiger partial charge in [0.05, 0.1) is 0 Å². The first-order valence-corrected chi connectivity index (χ1v) is 8.40. The molecule has 0 saturated carbocycles. The second kappa shape index (κ2) is 8.67. The Morgan fingerprint density at radius 3 is 2.27 bits per heavy atom.